The fourth-order valence-electron chi connectivity index (χ4n) is 2.55. The summed E-state index contributed by atoms with van der Waals surface area (Å²) in [6.45, 7) is 0.732. The first-order valence-electron chi connectivity index (χ1n) is 6.48. The van der Waals surface area contributed by atoms with E-state index >= 15 is 0 Å². The number of nitrogens with zero attached hydrogens (tertiary/aromatic N) is 2. The highest BCUT2D eigenvalue weighted by molar-refractivity contribution is 6.36. The lowest BCUT2D eigenvalue weighted by Crippen LogP contribution is -2.11. The number of hydrogen-bond donors (Lipinski definition) is 2. The Hall–Kier alpha value is -1.59. The molecule has 0 atom stereocenters. The van der Waals surface area contributed by atoms with E-state index in [0.717, 1.165) is 27.9 Å². The molecule has 0 aliphatic rings. The van der Waals surface area contributed by atoms with E-state index in [0.29, 0.717) is 23.1 Å². The van der Waals surface area contributed by atoms with Gasteiger partial charge in [-0.3, -0.25) is 0 Å². The summed E-state index contributed by atoms with van der Waals surface area (Å²) >= 11 is 12.3. The summed E-state index contributed by atoms with van der Waals surface area (Å²) in [4.78, 5) is 4.34. The van der Waals surface area contributed by atoms with Gasteiger partial charge in [-0.15, -0.1) is 0 Å². The van der Waals surface area contributed by atoms with Gasteiger partial charge in [-0.2, -0.15) is 0 Å². The van der Waals surface area contributed by atoms with E-state index in [1.165, 1.54) is 0 Å². The Labute approximate surface area is 132 Å². The van der Waals surface area contributed by atoms with Crippen LogP contribution in [0.3, 0.4) is 0 Å². The van der Waals surface area contributed by atoms with Crippen LogP contribution in [0.1, 0.15) is 11.1 Å². The van der Waals surface area contributed by atoms with Crippen molar-refractivity contribution in [2.75, 3.05) is 0 Å². The largest absolute Gasteiger partial charge is 0.326 e. The van der Waals surface area contributed by atoms with Gasteiger partial charge in [0.25, 0.3) is 0 Å². The van der Waals surface area contributed by atoms with Crippen LogP contribution in [0.15, 0.2) is 36.8 Å². The van der Waals surface area contributed by atoms with E-state index in [1.54, 1.807) is 12.3 Å². The Bertz CT molecular complexity index is 811. The summed E-state index contributed by atoms with van der Waals surface area (Å²) in [5.41, 5.74) is 16.4. The molecule has 0 bridgehead atoms. The predicted octanol–water partition coefficient (Wildman–Crippen LogP) is 3.23. The number of benzene rings is 1. The molecule has 0 amide bonds. The topological polar surface area (TPSA) is 69.3 Å². The van der Waals surface area contributed by atoms with Crippen molar-refractivity contribution in [3.8, 4) is 11.1 Å². The summed E-state index contributed by atoms with van der Waals surface area (Å²) in [5.74, 6) is 0. The molecular weight excluding hydrogens is 307 g/mol. The zero-order chi connectivity index (χ0) is 15.0. The third-order valence-electron chi connectivity index (χ3n) is 3.53. The fourth-order valence-corrected chi connectivity index (χ4v) is 3.06. The van der Waals surface area contributed by atoms with Gasteiger partial charge >= 0.3 is 0 Å². The van der Waals surface area contributed by atoms with E-state index in [2.05, 4.69) is 4.98 Å². The lowest BCUT2D eigenvalue weighted by Gasteiger charge is -2.15. The zero-order valence-corrected chi connectivity index (χ0v) is 12.7. The van der Waals surface area contributed by atoms with Gasteiger partial charge in [-0.05, 0) is 17.7 Å². The minimum atomic E-state index is 0.365. The van der Waals surface area contributed by atoms with Crippen LogP contribution in [0.25, 0.3) is 16.8 Å². The average molecular weight is 321 g/mol. The summed E-state index contributed by atoms with van der Waals surface area (Å²) in [6.07, 6.45) is 5.59. The number of hydrogen-bond acceptors (Lipinski definition) is 3. The van der Waals surface area contributed by atoms with Crippen molar-refractivity contribution in [2.45, 2.75) is 13.1 Å². The smallest absolute Gasteiger partial charge is 0.141 e. The van der Waals surface area contributed by atoms with Gasteiger partial charge in [0, 0.05) is 58.4 Å². The van der Waals surface area contributed by atoms with Crippen molar-refractivity contribution < 1.29 is 0 Å². The second kappa shape index (κ2) is 5.66. The number of pyridine rings is 1. The van der Waals surface area contributed by atoms with Gasteiger partial charge in [0.2, 0.25) is 0 Å². The van der Waals surface area contributed by atoms with Crippen molar-refractivity contribution in [3.63, 3.8) is 0 Å². The maximum Gasteiger partial charge on any atom is 0.141 e. The molecule has 0 aliphatic carbocycles. The first-order chi connectivity index (χ1) is 10.2. The Kier molecular flexibility index (Phi) is 3.87. The van der Waals surface area contributed by atoms with E-state index in [-0.39, 0.29) is 0 Å². The van der Waals surface area contributed by atoms with Crippen LogP contribution in [-0.2, 0) is 13.1 Å². The fraction of sp³-hybridized carbons (Fsp3) is 0.133. The van der Waals surface area contributed by atoms with Gasteiger partial charge in [-0.25, -0.2) is 4.98 Å². The maximum atomic E-state index is 6.33. The van der Waals surface area contributed by atoms with Crippen molar-refractivity contribution in [1.82, 2.24) is 9.38 Å². The molecule has 2 aromatic heterocycles. The van der Waals surface area contributed by atoms with E-state index in [1.807, 2.05) is 28.9 Å². The molecule has 2 heterocycles. The van der Waals surface area contributed by atoms with E-state index in [4.69, 9.17) is 34.7 Å². The third-order valence-corrected chi connectivity index (χ3v) is 4.07. The highest BCUT2D eigenvalue weighted by atomic mass is 35.5. The van der Waals surface area contributed by atoms with Crippen LogP contribution in [0.2, 0.25) is 10.0 Å². The molecule has 3 aromatic rings. The molecule has 0 saturated heterocycles. The van der Waals surface area contributed by atoms with E-state index in [9.17, 15) is 0 Å². The SMILES string of the molecule is NCc1c(-c2ccc(Cl)cc2Cl)cn2ccnc2c1CN. The minimum absolute atomic E-state index is 0.365. The predicted molar refractivity (Wildman–Crippen MR) is 86.4 cm³/mol. The van der Waals surface area contributed by atoms with Crippen LogP contribution in [0, 0.1) is 0 Å². The molecule has 1 aromatic carbocycles. The molecule has 0 fully saturated rings. The number of fused-ring (bicyclic) bond motifs is 1. The number of imidazole rings is 1. The second-order valence-corrected chi connectivity index (χ2v) is 5.53. The average Bonchev–Trinajstić information content (AvgIpc) is 2.93. The Morgan fingerprint density at radius 2 is 1.81 bits per heavy atom. The number of aromatic nitrogens is 2. The lowest BCUT2D eigenvalue weighted by atomic mass is 9.97. The normalized spacial score (nSPS) is 11.2. The summed E-state index contributed by atoms with van der Waals surface area (Å²) in [6, 6.07) is 5.42. The summed E-state index contributed by atoms with van der Waals surface area (Å²) < 4.78 is 1.93. The molecule has 0 saturated carbocycles. The molecular formula is C15H14Cl2N4. The first kappa shape index (κ1) is 14.4. The van der Waals surface area contributed by atoms with Crippen LogP contribution in [-0.4, -0.2) is 9.38 Å². The highest BCUT2D eigenvalue weighted by Gasteiger charge is 2.16. The minimum Gasteiger partial charge on any atom is -0.326 e. The monoisotopic (exact) mass is 320 g/mol. The van der Waals surface area contributed by atoms with Crippen molar-refractivity contribution >= 4 is 28.8 Å². The van der Waals surface area contributed by atoms with Crippen LogP contribution >= 0.6 is 23.2 Å². The standard InChI is InChI=1S/C15H14Cl2N4/c16-9-1-2-10(14(17)5-9)13-8-21-4-3-20-15(21)12(7-19)11(13)6-18/h1-5,8H,6-7,18-19H2. The van der Waals surface area contributed by atoms with Gasteiger partial charge in [0.15, 0.2) is 0 Å². The summed E-state index contributed by atoms with van der Waals surface area (Å²) in [5, 5.41) is 1.18. The number of halogens is 2. The Balaban J connectivity index is 2.35. The summed E-state index contributed by atoms with van der Waals surface area (Å²) in [7, 11) is 0. The lowest BCUT2D eigenvalue weighted by molar-refractivity contribution is 0.964. The van der Waals surface area contributed by atoms with Gasteiger partial charge in [-0.1, -0.05) is 29.3 Å². The van der Waals surface area contributed by atoms with Crippen LogP contribution < -0.4 is 11.5 Å². The quantitative estimate of drug-likeness (QED) is 0.778. The molecule has 0 radical (unpaired) electrons. The van der Waals surface area contributed by atoms with Crippen LogP contribution in [0.4, 0.5) is 0 Å². The number of rotatable bonds is 3. The van der Waals surface area contributed by atoms with Crippen molar-refractivity contribution in [3.05, 3.63) is 58.0 Å². The zero-order valence-electron chi connectivity index (χ0n) is 11.2. The molecule has 21 heavy (non-hydrogen) atoms. The second-order valence-electron chi connectivity index (χ2n) is 4.69. The highest BCUT2D eigenvalue weighted by Crippen LogP contribution is 2.34. The van der Waals surface area contributed by atoms with Gasteiger partial charge in [0.1, 0.15) is 5.65 Å². The third kappa shape index (κ3) is 2.40. The van der Waals surface area contributed by atoms with E-state index < -0.39 is 0 Å². The molecule has 4 N–H and O–H groups in total. The molecule has 3 rings (SSSR count). The Morgan fingerprint density at radius 3 is 2.48 bits per heavy atom. The maximum absolute atomic E-state index is 6.33. The Morgan fingerprint density at radius 1 is 1.05 bits per heavy atom. The first-order valence-corrected chi connectivity index (χ1v) is 7.24. The molecule has 108 valence electrons. The number of nitrogens with two attached hydrogens (primary N) is 2. The molecule has 0 aliphatic heterocycles. The molecule has 0 unspecified atom stereocenters. The van der Waals surface area contributed by atoms with Crippen molar-refractivity contribution in [1.29, 1.82) is 0 Å². The van der Waals surface area contributed by atoms with Crippen LogP contribution in [0.5, 0.6) is 0 Å². The molecule has 4 nitrogen and oxygen atoms in total. The van der Waals surface area contributed by atoms with Gasteiger partial charge in [0.05, 0.1) is 0 Å². The molecule has 6 heteroatoms. The van der Waals surface area contributed by atoms with Gasteiger partial charge < -0.3 is 15.9 Å². The molecule has 0 spiro atoms. The van der Waals surface area contributed by atoms with Crippen molar-refractivity contribution in [2.24, 2.45) is 11.5 Å².